The molecule has 2 aromatic rings. The molecule has 0 radical (unpaired) electrons. The highest BCUT2D eigenvalue weighted by molar-refractivity contribution is 8.15. The molecule has 0 aliphatic carbocycles. The van der Waals surface area contributed by atoms with Crippen LogP contribution < -0.4 is 5.32 Å². The minimum absolute atomic E-state index is 0.0837. The zero-order chi connectivity index (χ0) is 22.8. The molecular formula is C24H25ClN4O2S. The largest absolute Gasteiger partial charge is 0.325 e. The molecule has 0 aromatic heterocycles. The molecule has 2 unspecified atom stereocenters. The third kappa shape index (κ3) is 4.59. The SMILES string of the molecule is CCC(SC1=Nc2ccccc2C2=NC(CC(C)C)C(=O)N12)C(=O)Nc1cccc(Cl)c1. The topological polar surface area (TPSA) is 74.1 Å². The van der Waals surface area contributed by atoms with E-state index >= 15 is 0 Å². The number of thioether (sulfide) groups is 1. The summed E-state index contributed by atoms with van der Waals surface area (Å²) in [6, 6.07) is 14.3. The summed E-state index contributed by atoms with van der Waals surface area (Å²) < 4.78 is 0. The standard InChI is InChI=1S/C24H25ClN4O2S/c1-4-20(22(30)26-16-9-7-8-15(25)13-16)32-24-28-18-11-6-5-10-17(18)21-27-19(12-14(2)3)23(31)29(21)24/h5-11,13-14,19-20H,4,12H2,1-3H3,(H,26,30). The smallest absolute Gasteiger partial charge is 0.259 e. The van der Waals surface area contributed by atoms with E-state index in [0.29, 0.717) is 40.5 Å². The van der Waals surface area contributed by atoms with Crippen molar-refractivity contribution < 1.29 is 9.59 Å². The third-order valence-electron chi connectivity index (χ3n) is 5.25. The van der Waals surface area contributed by atoms with Crippen molar-refractivity contribution in [1.29, 1.82) is 0 Å². The number of amides is 2. The number of carbonyl (C=O) groups is 2. The number of hydrogen-bond acceptors (Lipinski definition) is 5. The molecule has 1 N–H and O–H groups in total. The summed E-state index contributed by atoms with van der Waals surface area (Å²) in [6.07, 6.45) is 1.24. The Bertz CT molecular complexity index is 1110. The number of nitrogens with zero attached hydrogens (tertiary/aromatic N) is 3. The van der Waals surface area contributed by atoms with Gasteiger partial charge in [0, 0.05) is 16.3 Å². The number of hydrogen-bond donors (Lipinski definition) is 1. The molecule has 6 nitrogen and oxygen atoms in total. The van der Waals surface area contributed by atoms with E-state index in [1.54, 1.807) is 29.2 Å². The molecule has 2 aliphatic heterocycles. The average molecular weight is 469 g/mol. The van der Waals surface area contributed by atoms with Crippen LogP contribution in [0, 0.1) is 5.92 Å². The maximum atomic E-state index is 13.3. The van der Waals surface area contributed by atoms with Gasteiger partial charge >= 0.3 is 0 Å². The fraction of sp³-hybridized carbons (Fsp3) is 0.333. The summed E-state index contributed by atoms with van der Waals surface area (Å²) >= 11 is 7.33. The number of amidine groups is 2. The van der Waals surface area contributed by atoms with Gasteiger partial charge in [-0.15, -0.1) is 0 Å². The van der Waals surface area contributed by atoms with Gasteiger partial charge in [-0.25, -0.2) is 9.89 Å². The van der Waals surface area contributed by atoms with E-state index in [0.717, 1.165) is 11.3 Å². The number of aliphatic imine (C=N–C) groups is 2. The molecule has 0 fully saturated rings. The van der Waals surface area contributed by atoms with Gasteiger partial charge in [-0.2, -0.15) is 0 Å². The summed E-state index contributed by atoms with van der Waals surface area (Å²) in [6.45, 7) is 6.10. The predicted octanol–water partition coefficient (Wildman–Crippen LogP) is 5.50. The van der Waals surface area contributed by atoms with Crippen LogP contribution in [-0.4, -0.2) is 39.0 Å². The molecule has 166 valence electrons. The van der Waals surface area contributed by atoms with Crippen molar-refractivity contribution in [3.05, 3.63) is 59.1 Å². The van der Waals surface area contributed by atoms with Crippen LogP contribution in [0.1, 0.15) is 39.2 Å². The first kappa shape index (κ1) is 22.6. The van der Waals surface area contributed by atoms with Gasteiger partial charge in [0.15, 0.2) is 5.17 Å². The second-order valence-corrected chi connectivity index (χ2v) is 9.80. The molecule has 0 saturated heterocycles. The molecule has 2 heterocycles. The minimum Gasteiger partial charge on any atom is -0.325 e. The normalized spacial score (nSPS) is 18.1. The van der Waals surface area contributed by atoms with Crippen LogP contribution in [0.2, 0.25) is 5.02 Å². The highest BCUT2D eigenvalue weighted by atomic mass is 35.5. The molecule has 4 rings (SSSR count). The van der Waals surface area contributed by atoms with E-state index in [-0.39, 0.29) is 11.8 Å². The Morgan fingerprint density at radius 1 is 1.22 bits per heavy atom. The minimum atomic E-state index is -0.434. The summed E-state index contributed by atoms with van der Waals surface area (Å²) in [4.78, 5) is 37.4. The van der Waals surface area contributed by atoms with Crippen LogP contribution in [0.5, 0.6) is 0 Å². The maximum Gasteiger partial charge on any atom is 0.259 e. The molecule has 32 heavy (non-hydrogen) atoms. The number of para-hydroxylation sites is 1. The summed E-state index contributed by atoms with van der Waals surface area (Å²) in [5.41, 5.74) is 2.23. The first-order valence-corrected chi connectivity index (χ1v) is 12.0. The van der Waals surface area contributed by atoms with Crippen molar-refractivity contribution >= 4 is 57.6 Å². The third-order valence-corrected chi connectivity index (χ3v) is 6.80. The van der Waals surface area contributed by atoms with Crippen LogP contribution in [0.15, 0.2) is 58.5 Å². The Balaban J connectivity index is 1.62. The lowest BCUT2D eigenvalue weighted by molar-refractivity contribution is -0.125. The van der Waals surface area contributed by atoms with Crippen LogP contribution in [0.4, 0.5) is 11.4 Å². The van der Waals surface area contributed by atoms with Gasteiger partial charge in [0.1, 0.15) is 11.9 Å². The molecule has 0 spiro atoms. The van der Waals surface area contributed by atoms with Gasteiger partial charge in [0.25, 0.3) is 5.91 Å². The van der Waals surface area contributed by atoms with Crippen LogP contribution in [0.25, 0.3) is 0 Å². The fourth-order valence-electron chi connectivity index (χ4n) is 3.72. The molecule has 2 aromatic carbocycles. The van der Waals surface area contributed by atoms with Crippen LogP contribution in [-0.2, 0) is 9.59 Å². The van der Waals surface area contributed by atoms with E-state index < -0.39 is 11.3 Å². The van der Waals surface area contributed by atoms with Gasteiger partial charge in [-0.3, -0.25) is 14.6 Å². The van der Waals surface area contributed by atoms with E-state index in [2.05, 4.69) is 19.2 Å². The number of halogens is 1. The Kier molecular flexibility index (Phi) is 6.67. The quantitative estimate of drug-likeness (QED) is 0.608. The van der Waals surface area contributed by atoms with Crippen molar-refractivity contribution in [3.8, 4) is 0 Å². The molecule has 8 heteroatoms. The predicted molar refractivity (Wildman–Crippen MR) is 132 cm³/mol. The first-order chi connectivity index (χ1) is 15.4. The van der Waals surface area contributed by atoms with Gasteiger partial charge in [0.05, 0.1) is 10.9 Å². The lowest BCUT2D eigenvalue weighted by Gasteiger charge is -2.27. The van der Waals surface area contributed by atoms with Crippen molar-refractivity contribution in [2.75, 3.05) is 5.32 Å². The second kappa shape index (κ2) is 9.46. The number of nitrogens with one attached hydrogen (secondary N) is 1. The number of carbonyl (C=O) groups excluding carboxylic acids is 2. The number of rotatable bonds is 6. The van der Waals surface area contributed by atoms with E-state index in [4.69, 9.17) is 21.6 Å². The number of fused-ring (bicyclic) bond motifs is 3. The van der Waals surface area contributed by atoms with Gasteiger partial charge in [-0.05, 0) is 49.1 Å². The molecule has 2 amide bonds. The molecule has 0 bridgehead atoms. The zero-order valence-corrected chi connectivity index (χ0v) is 19.8. The monoisotopic (exact) mass is 468 g/mol. The van der Waals surface area contributed by atoms with Gasteiger partial charge in [0.2, 0.25) is 5.91 Å². The van der Waals surface area contributed by atoms with Crippen LogP contribution >= 0.6 is 23.4 Å². The molecule has 0 saturated carbocycles. The van der Waals surface area contributed by atoms with E-state index in [9.17, 15) is 9.59 Å². The highest BCUT2D eigenvalue weighted by Gasteiger charge is 2.42. The molecule has 2 atom stereocenters. The van der Waals surface area contributed by atoms with Crippen molar-refractivity contribution in [2.45, 2.75) is 44.9 Å². The van der Waals surface area contributed by atoms with Crippen molar-refractivity contribution in [3.63, 3.8) is 0 Å². The Morgan fingerprint density at radius 2 is 2.00 bits per heavy atom. The van der Waals surface area contributed by atoms with Crippen molar-refractivity contribution in [2.24, 2.45) is 15.9 Å². The number of benzene rings is 2. The van der Waals surface area contributed by atoms with E-state index in [1.165, 1.54) is 11.8 Å². The second-order valence-electron chi connectivity index (χ2n) is 8.20. The Morgan fingerprint density at radius 3 is 2.72 bits per heavy atom. The summed E-state index contributed by atoms with van der Waals surface area (Å²) in [5, 5.41) is 3.53. The fourth-order valence-corrected chi connectivity index (χ4v) is 4.93. The molecule has 2 aliphatic rings. The lowest BCUT2D eigenvalue weighted by atomic mass is 10.0. The maximum absolute atomic E-state index is 13.3. The summed E-state index contributed by atoms with van der Waals surface area (Å²) in [5.74, 6) is 0.716. The van der Waals surface area contributed by atoms with E-state index in [1.807, 2.05) is 31.2 Å². The Labute approximate surface area is 197 Å². The van der Waals surface area contributed by atoms with Crippen molar-refractivity contribution in [1.82, 2.24) is 4.90 Å². The van der Waals surface area contributed by atoms with Gasteiger partial charge in [-0.1, -0.05) is 62.3 Å². The van der Waals surface area contributed by atoms with Crippen LogP contribution in [0.3, 0.4) is 0 Å². The zero-order valence-electron chi connectivity index (χ0n) is 18.2. The Hall–Kier alpha value is -2.64. The number of anilines is 1. The lowest BCUT2D eigenvalue weighted by Crippen LogP contribution is -2.42. The van der Waals surface area contributed by atoms with Gasteiger partial charge < -0.3 is 5.32 Å². The first-order valence-electron chi connectivity index (χ1n) is 10.7. The summed E-state index contributed by atoms with van der Waals surface area (Å²) in [7, 11) is 0. The molecular weight excluding hydrogens is 444 g/mol. The highest BCUT2D eigenvalue weighted by Crippen LogP contribution is 2.36. The average Bonchev–Trinajstić information content (AvgIpc) is 3.08.